The van der Waals surface area contributed by atoms with Gasteiger partial charge in [0, 0.05) is 38.9 Å². The van der Waals surface area contributed by atoms with Crippen molar-refractivity contribution in [3.63, 3.8) is 0 Å². The quantitative estimate of drug-likeness (QED) is 0.813. The van der Waals surface area contributed by atoms with E-state index in [1.54, 1.807) is 7.05 Å². The summed E-state index contributed by atoms with van der Waals surface area (Å²) in [6.07, 6.45) is -0.266. The molecule has 0 spiro atoms. The summed E-state index contributed by atoms with van der Waals surface area (Å²) in [7, 11) is 3.07. The molecule has 1 aromatic carbocycles. The molecule has 1 amide bonds. The lowest BCUT2D eigenvalue weighted by Gasteiger charge is -2.33. The third-order valence-electron chi connectivity index (χ3n) is 4.48. The Kier molecular flexibility index (Phi) is 6.70. The number of esters is 1. The average Bonchev–Trinajstić information content (AvgIpc) is 2.61. The molecule has 7 heteroatoms. The highest BCUT2D eigenvalue weighted by Gasteiger charge is 2.24. The molecular weight excluding hydrogens is 346 g/mol. The second kappa shape index (κ2) is 8.61. The van der Waals surface area contributed by atoms with Crippen LogP contribution in [0.1, 0.15) is 31.9 Å². The van der Waals surface area contributed by atoms with Crippen molar-refractivity contribution in [3.8, 4) is 0 Å². The molecule has 2 rings (SSSR count). The number of benzene rings is 1. The van der Waals surface area contributed by atoms with Gasteiger partial charge in [-0.2, -0.15) is 0 Å². The molecule has 1 saturated heterocycles. The summed E-state index contributed by atoms with van der Waals surface area (Å²) in [5.41, 5.74) is 2.98. The van der Waals surface area contributed by atoms with Crippen molar-refractivity contribution in [3.05, 3.63) is 23.3 Å². The van der Waals surface area contributed by atoms with E-state index in [-0.39, 0.29) is 12.4 Å². The van der Waals surface area contributed by atoms with E-state index < -0.39 is 11.7 Å². The van der Waals surface area contributed by atoms with E-state index in [2.05, 4.69) is 10.2 Å². The first-order chi connectivity index (χ1) is 12.6. The van der Waals surface area contributed by atoms with E-state index in [0.717, 1.165) is 48.7 Å². The Morgan fingerprint density at radius 2 is 1.85 bits per heavy atom. The van der Waals surface area contributed by atoms with Crippen LogP contribution in [0.2, 0.25) is 0 Å². The Morgan fingerprint density at radius 1 is 1.22 bits per heavy atom. The van der Waals surface area contributed by atoms with Gasteiger partial charge in [-0.15, -0.1) is 0 Å². The van der Waals surface area contributed by atoms with E-state index in [4.69, 9.17) is 9.47 Å². The van der Waals surface area contributed by atoms with Gasteiger partial charge in [0.05, 0.1) is 19.2 Å². The number of hydrogen-bond donors (Lipinski definition) is 1. The van der Waals surface area contributed by atoms with Crippen molar-refractivity contribution in [1.29, 1.82) is 0 Å². The number of nitrogens with one attached hydrogen (secondary N) is 1. The fraction of sp³-hybridized carbons (Fsp3) is 0.600. The van der Waals surface area contributed by atoms with Crippen molar-refractivity contribution in [2.45, 2.75) is 39.7 Å². The minimum Gasteiger partial charge on any atom is -0.469 e. The zero-order valence-corrected chi connectivity index (χ0v) is 17.2. The van der Waals surface area contributed by atoms with Crippen LogP contribution in [0.5, 0.6) is 0 Å². The average molecular weight is 377 g/mol. The second-order valence-electron chi connectivity index (χ2n) is 7.79. The molecule has 0 saturated carbocycles. The zero-order valence-electron chi connectivity index (χ0n) is 17.2. The van der Waals surface area contributed by atoms with Crippen LogP contribution in [-0.4, -0.2) is 58.0 Å². The molecular formula is C20H31N3O4. The predicted molar refractivity (Wildman–Crippen MR) is 107 cm³/mol. The Labute approximate surface area is 161 Å². The number of nitrogens with zero attached hydrogens (tertiary/aromatic N) is 2. The molecule has 1 N–H and O–H groups in total. The molecule has 1 aliphatic rings. The largest absolute Gasteiger partial charge is 0.469 e. The van der Waals surface area contributed by atoms with Gasteiger partial charge in [-0.05, 0) is 51.0 Å². The van der Waals surface area contributed by atoms with Gasteiger partial charge < -0.3 is 19.7 Å². The molecule has 0 unspecified atom stereocenters. The van der Waals surface area contributed by atoms with Crippen molar-refractivity contribution >= 4 is 23.4 Å². The maximum Gasteiger partial charge on any atom is 0.414 e. The fourth-order valence-electron chi connectivity index (χ4n) is 3.09. The van der Waals surface area contributed by atoms with Crippen LogP contribution in [0.15, 0.2) is 12.1 Å². The maximum absolute atomic E-state index is 12.6. The number of carbonyl (C=O) groups excluding carboxylic acids is 2. The van der Waals surface area contributed by atoms with Crippen LogP contribution in [0.4, 0.5) is 16.2 Å². The van der Waals surface area contributed by atoms with Gasteiger partial charge in [0.2, 0.25) is 0 Å². The third kappa shape index (κ3) is 5.60. The standard InChI is InChI=1S/C20H31N3O4/c1-14-16(22(5)19(25)27-20(2,3)4)11-15(13-18(24)26-6)12-17(14)23-9-7-21-8-10-23/h11-12,21H,7-10,13H2,1-6H3. The van der Waals surface area contributed by atoms with Gasteiger partial charge in [-0.25, -0.2) is 4.79 Å². The number of carbonyl (C=O) groups is 2. The monoisotopic (exact) mass is 377 g/mol. The number of ether oxygens (including phenoxy) is 2. The highest BCUT2D eigenvalue weighted by atomic mass is 16.6. The van der Waals surface area contributed by atoms with Crippen LogP contribution < -0.4 is 15.1 Å². The minimum atomic E-state index is -0.579. The van der Waals surface area contributed by atoms with Crippen molar-refractivity contribution in [1.82, 2.24) is 5.32 Å². The molecule has 0 aromatic heterocycles. The lowest BCUT2D eigenvalue weighted by molar-refractivity contribution is -0.139. The summed E-state index contributed by atoms with van der Waals surface area (Å²) < 4.78 is 10.3. The number of methoxy groups -OCH3 is 1. The molecule has 1 aromatic rings. The highest BCUT2D eigenvalue weighted by molar-refractivity contribution is 5.90. The SMILES string of the molecule is COC(=O)Cc1cc(N2CCNCC2)c(C)c(N(C)C(=O)OC(C)(C)C)c1. The predicted octanol–water partition coefficient (Wildman–Crippen LogP) is 2.49. The fourth-order valence-corrected chi connectivity index (χ4v) is 3.09. The van der Waals surface area contributed by atoms with E-state index in [1.165, 1.54) is 12.0 Å². The molecule has 1 heterocycles. The number of anilines is 2. The number of piperazine rings is 1. The summed E-state index contributed by atoms with van der Waals surface area (Å²) in [6, 6.07) is 3.88. The molecule has 7 nitrogen and oxygen atoms in total. The third-order valence-corrected chi connectivity index (χ3v) is 4.48. The van der Waals surface area contributed by atoms with Gasteiger partial charge in [0.1, 0.15) is 5.60 Å². The van der Waals surface area contributed by atoms with E-state index in [1.807, 2.05) is 39.8 Å². The van der Waals surface area contributed by atoms with Gasteiger partial charge in [0.15, 0.2) is 0 Å². The molecule has 150 valence electrons. The van der Waals surface area contributed by atoms with Crippen LogP contribution in [0.3, 0.4) is 0 Å². The normalized spacial score (nSPS) is 14.7. The summed E-state index contributed by atoms with van der Waals surface area (Å²) in [5.74, 6) is -0.309. The number of hydrogen-bond acceptors (Lipinski definition) is 6. The van der Waals surface area contributed by atoms with Crippen LogP contribution in [-0.2, 0) is 20.7 Å². The Balaban J connectivity index is 2.42. The van der Waals surface area contributed by atoms with Gasteiger partial charge in [-0.1, -0.05) is 0 Å². The zero-order chi connectivity index (χ0) is 20.2. The van der Waals surface area contributed by atoms with Crippen LogP contribution in [0, 0.1) is 6.92 Å². The van der Waals surface area contributed by atoms with Gasteiger partial charge >= 0.3 is 12.1 Å². The van der Waals surface area contributed by atoms with Gasteiger partial charge in [-0.3, -0.25) is 9.69 Å². The Morgan fingerprint density at radius 3 is 2.41 bits per heavy atom. The number of rotatable bonds is 4. The first-order valence-corrected chi connectivity index (χ1v) is 9.25. The Hall–Kier alpha value is -2.28. The molecule has 0 aliphatic carbocycles. The second-order valence-corrected chi connectivity index (χ2v) is 7.79. The molecule has 1 aliphatic heterocycles. The van der Waals surface area contributed by atoms with Crippen molar-refractivity contribution in [2.24, 2.45) is 0 Å². The van der Waals surface area contributed by atoms with Crippen molar-refractivity contribution < 1.29 is 19.1 Å². The molecule has 0 atom stereocenters. The highest BCUT2D eigenvalue weighted by Crippen LogP contribution is 2.32. The summed E-state index contributed by atoms with van der Waals surface area (Å²) in [5, 5.41) is 3.34. The summed E-state index contributed by atoms with van der Waals surface area (Å²) in [6.45, 7) is 11.1. The summed E-state index contributed by atoms with van der Waals surface area (Å²) >= 11 is 0. The van der Waals surface area contributed by atoms with Gasteiger partial charge in [0.25, 0.3) is 0 Å². The van der Waals surface area contributed by atoms with Crippen molar-refractivity contribution in [2.75, 3.05) is 50.1 Å². The lowest BCUT2D eigenvalue weighted by atomic mass is 10.0. The first-order valence-electron chi connectivity index (χ1n) is 9.25. The van der Waals surface area contributed by atoms with Crippen LogP contribution >= 0.6 is 0 Å². The molecule has 0 radical (unpaired) electrons. The topological polar surface area (TPSA) is 71.1 Å². The molecule has 0 bridgehead atoms. The molecule has 1 fully saturated rings. The lowest BCUT2D eigenvalue weighted by Crippen LogP contribution is -2.44. The maximum atomic E-state index is 12.6. The van der Waals surface area contributed by atoms with E-state index in [0.29, 0.717) is 0 Å². The summed E-state index contributed by atoms with van der Waals surface area (Å²) in [4.78, 5) is 28.2. The number of amides is 1. The Bertz CT molecular complexity index is 691. The minimum absolute atomic E-state index is 0.158. The smallest absolute Gasteiger partial charge is 0.414 e. The molecule has 27 heavy (non-hydrogen) atoms. The first kappa shape index (κ1) is 21.0. The van der Waals surface area contributed by atoms with E-state index in [9.17, 15) is 9.59 Å². The van der Waals surface area contributed by atoms with Crippen LogP contribution in [0.25, 0.3) is 0 Å². The van der Waals surface area contributed by atoms with E-state index >= 15 is 0 Å².